The number of likely N-dealkylation sites (N-methyl/N-ethyl adjacent to an activating group) is 1. The fourth-order valence-electron chi connectivity index (χ4n) is 2.38. The summed E-state index contributed by atoms with van der Waals surface area (Å²) < 4.78 is 0. The Kier molecular flexibility index (Phi) is 6.06. The Balaban J connectivity index is 1.89. The Bertz CT molecular complexity index is 558. The molecule has 2 amide bonds. The quantitative estimate of drug-likeness (QED) is 0.908. The number of amides is 2. The molecule has 5 nitrogen and oxygen atoms in total. The third-order valence-electron chi connectivity index (χ3n) is 3.57. The first-order valence-electron chi connectivity index (χ1n) is 7.24. The van der Waals surface area contributed by atoms with Gasteiger partial charge in [0.25, 0.3) is 5.91 Å². The van der Waals surface area contributed by atoms with E-state index in [1.54, 1.807) is 23.1 Å². The number of carbonyl (C=O) groups excluding carboxylic acids is 2. The molecule has 1 heterocycles. The van der Waals surface area contributed by atoms with Crippen molar-refractivity contribution in [2.45, 2.75) is 6.92 Å². The summed E-state index contributed by atoms with van der Waals surface area (Å²) in [5.74, 6) is -0.0389. The molecule has 0 spiro atoms. The molecular formula is C15H19Cl2N3O2. The van der Waals surface area contributed by atoms with Crippen LogP contribution < -0.4 is 5.32 Å². The molecule has 0 unspecified atom stereocenters. The maximum absolute atomic E-state index is 12.4. The van der Waals surface area contributed by atoms with Gasteiger partial charge in [0.1, 0.15) is 0 Å². The maximum Gasteiger partial charge on any atom is 0.253 e. The Morgan fingerprint density at radius 1 is 1.14 bits per heavy atom. The molecule has 0 atom stereocenters. The highest BCUT2D eigenvalue weighted by molar-refractivity contribution is 6.42. The smallest absolute Gasteiger partial charge is 0.253 e. The van der Waals surface area contributed by atoms with E-state index in [1.165, 1.54) is 0 Å². The van der Waals surface area contributed by atoms with Crippen molar-refractivity contribution in [2.75, 3.05) is 39.3 Å². The van der Waals surface area contributed by atoms with E-state index in [2.05, 4.69) is 5.32 Å². The average Bonchev–Trinajstić information content (AvgIpc) is 2.50. The van der Waals surface area contributed by atoms with Gasteiger partial charge in [-0.2, -0.15) is 0 Å². The van der Waals surface area contributed by atoms with Gasteiger partial charge < -0.3 is 10.2 Å². The molecule has 0 aliphatic carbocycles. The standard InChI is InChI=1S/C15H19Cl2N3O2/c1-2-18-14(21)10-19-5-7-20(8-6-19)15(22)11-3-4-12(16)13(17)9-11/h3-4,9H,2,5-8,10H2,1H3,(H,18,21). The van der Waals surface area contributed by atoms with Crippen molar-refractivity contribution in [1.82, 2.24) is 15.1 Å². The van der Waals surface area contributed by atoms with Crippen LogP contribution in [0.15, 0.2) is 18.2 Å². The van der Waals surface area contributed by atoms with Crippen LogP contribution in [0.5, 0.6) is 0 Å². The van der Waals surface area contributed by atoms with Gasteiger partial charge in [-0.25, -0.2) is 0 Å². The van der Waals surface area contributed by atoms with Crippen LogP contribution in [0, 0.1) is 0 Å². The van der Waals surface area contributed by atoms with Gasteiger partial charge in [0.2, 0.25) is 5.91 Å². The van der Waals surface area contributed by atoms with E-state index in [9.17, 15) is 9.59 Å². The lowest BCUT2D eigenvalue weighted by Crippen LogP contribution is -2.51. The second-order valence-corrected chi connectivity index (χ2v) is 5.97. The summed E-state index contributed by atoms with van der Waals surface area (Å²) in [5.41, 5.74) is 0.534. The maximum atomic E-state index is 12.4. The first kappa shape index (κ1) is 17.1. The highest BCUT2D eigenvalue weighted by Crippen LogP contribution is 2.23. The van der Waals surface area contributed by atoms with Gasteiger partial charge in [0.15, 0.2) is 0 Å². The predicted molar refractivity (Wildman–Crippen MR) is 87.5 cm³/mol. The van der Waals surface area contributed by atoms with Gasteiger partial charge in [0.05, 0.1) is 16.6 Å². The largest absolute Gasteiger partial charge is 0.355 e. The normalized spacial score (nSPS) is 15.7. The number of hydrogen-bond acceptors (Lipinski definition) is 3. The predicted octanol–water partition coefficient (Wildman–Crippen LogP) is 1.89. The SMILES string of the molecule is CCNC(=O)CN1CCN(C(=O)c2ccc(Cl)c(Cl)c2)CC1. The lowest BCUT2D eigenvalue weighted by atomic mass is 10.2. The van der Waals surface area contributed by atoms with E-state index >= 15 is 0 Å². The zero-order valence-electron chi connectivity index (χ0n) is 12.4. The van der Waals surface area contributed by atoms with Crippen LogP contribution in [0.3, 0.4) is 0 Å². The van der Waals surface area contributed by atoms with Crippen molar-refractivity contribution in [2.24, 2.45) is 0 Å². The lowest BCUT2D eigenvalue weighted by molar-refractivity contribution is -0.122. The van der Waals surface area contributed by atoms with Gasteiger partial charge in [-0.1, -0.05) is 23.2 Å². The Morgan fingerprint density at radius 3 is 2.41 bits per heavy atom. The van der Waals surface area contributed by atoms with Crippen molar-refractivity contribution in [3.8, 4) is 0 Å². The summed E-state index contributed by atoms with van der Waals surface area (Å²) in [6.07, 6.45) is 0. The minimum Gasteiger partial charge on any atom is -0.355 e. The third kappa shape index (κ3) is 4.35. The molecule has 2 rings (SSSR count). The van der Waals surface area contributed by atoms with Crippen LogP contribution in [0.2, 0.25) is 10.0 Å². The Hall–Kier alpha value is -1.30. The van der Waals surface area contributed by atoms with Gasteiger partial charge in [0, 0.05) is 38.3 Å². The molecule has 7 heteroatoms. The molecule has 120 valence electrons. The molecule has 1 N–H and O–H groups in total. The van der Waals surface area contributed by atoms with Crippen molar-refractivity contribution in [3.05, 3.63) is 33.8 Å². The highest BCUT2D eigenvalue weighted by Gasteiger charge is 2.23. The summed E-state index contributed by atoms with van der Waals surface area (Å²) in [5, 5.41) is 3.59. The number of halogens is 2. The molecule has 0 radical (unpaired) electrons. The second kappa shape index (κ2) is 7.81. The van der Waals surface area contributed by atoms with Crippen LogP contribution in [-0.2, 0) is 4.79 Å². The molecular weight excluding hydrogens is 325 g/mol. The minimum absolute atomic E-state index is 0.0201. The number of rotatable bonds is 4. The fourth-order valence-corrected chi connectivity index (χ4v) is 2.68. The van der Waals surface area contributed by atoms with Crippen molar-refractivity contribution < 1.29 is 9.59 Å². The van der Waals surface area contributed by atoms with Crippen LogP contribution in [0.4, 0.5) is 0 Å². The van der Waals surface area contributed by atoms with Crippen molar-refractivity contribution in [1.29, 1.82) is 0 Å². The monoisotopic (exact) mass is 343 g/mol. The van der Waals surface area contributed by atoms with E-state index in [1.807, 2.05) is 11.8 Å². The highest BCUT2D eigenvalue weighted by atomic mass is 35.5. The zero-order valence-corrected chi connectivity index (χ0v) is 14.0. The number of carbonyl (C=O) groups is 2. The number of piperazine rings is 1. The third-order valence-corrected chi connectivity index (χ3v) is 4.31. The van der Waals surface area contributed by atoms with E-state index < -0.39 is 0 Å². The van der Waals surface area contributed by atoms with Gasteiger partial charge >= 0.3 is 0 Å². The van der Waals surface area contributed by atoms with Gasteiger partial charge in [-0.05, 0) is 25.1 Å². The lowest BCUT2D eigenvalue weighted by Gasteiger charge is -2.34. The summed E-state index contributed by atoms with van der Waals surface area (Å²) >= 11 is 11.8. The molecule has 1 aromatic carbocycles. The van der Waals surface area contributed by atoms with Crippen molar-refractivity contribution in [3.63, 3.8) is 0 Å². The summed E-state index contributed by atoms with van der Waals surface area (Å²) in [4.78, 5) is 27.8. The van der Waals surface area contributed by atoms with Crippen LogP contribution in [0.25, 0.3) is 0 Å². The molecule has 1 aliphatic rings. The Labute approximate surface area is 140 Å². The van der Waals surface area contributed by atoms with Crippen LogP contribution >= 0.6 is 23.2 Å². The number of nitrogens with one attached hydrogen (secondary N) is 1. The summed E-state index contributed by atoms with van der Waals surface area (Å²) in [7, 11) is 0. The molecule has 1 fully saturated rings. The van der Waals surface area contributed by atoms with E-state index in [0.29, 0.717) is 54.9 Å². The first-order chi connectivity index (χ1) is 10.5. The summed E-state index contributed by atoms with van der Waals surface area (Å²) in [6.45, 7) is 5.47. The minimum atomic E-state index is -0.0590. The number of hydrogen-bond donors (Lipinski definition) is 1. The molecule has 1 saturated heterocycles. The topological polar surface area (TPSA) is 52.7 Å². The molecule has 0 aromatic heterocycles. The summed E-state index contributed by atoms with van der Waals surface area (Å²) in [6, 6.07) is 4.90. The van der Waals surface area contributed by atoms with Gasteiger partial charge in [-0.3, -0.25) is 14.5 Å². The molecule has 1 aliphatic heterocycles. The van der Waals surface area contributed by atoms with Crippen LogP contribution in [-0.4, -0.2) is 60.9 Å². The fraction of sp³-hybridized carbons (Fsp3) is 0.467. The van der Waals surface area contributed by atoms with E-state index in [4.69, 9.17) is 23.2 Å². The van der Waals surface area contributed by atoms with Crippen LogP contribution in [0.1, 0.15) is 17.3 Å². The first-order valence-corrected chi connectivity index (χ1v) is 8.00. The zero-order chi connectivity index (χ0) is 16.1. The molecule has 0 bridgehead atoms. The average molecular weight is 344 g/mol. The van der Waals surface area contributed by atoms with Crippen molar-refractivity contribution >= 4 is 35.0 Å². The number of benzene rings is 1. The van der Waals surface area contributed by atoms with Gasteiger partial charge in [-0.15, -0.1) is 0 Å². The van der Waals surface area contributed by atoms with E-state index in [0.717, 1.165) is 0 Å². The molecule has 0 saturated carbocycles. The molecule has 1 aromatic rings. The molecule has 22 heavy (non-hydrogen) atoms. The Morgan fingerprint density at radius 2 is 1.82 bits per heavy atom. The second-order valence-electron chi connectivity index (χ2n) is 5.15. The van der Waals surface area contributed by atoms with E-state index in [-0.39, 0.29) is 11.8 Å². The number of nitrogens with zero attached hydrogens (tertiary/aromatic N) is 2.